The number of carbonyl (C=O) groups is 1. The van der Waals surface area contributed by atoms with Crippen LogP contribution in [0.15, 0.2) is 0 Å². The fraction of sp³-hybridized carbons (Fsp3) is 0.900. The Kier molecular flexibility index (Phi) is 3.03. The average Bonchev–Trinajstić information content (AvgIpc) is 1.95. The molecular formula is C10H17NO3. The van der Waals surface area contributed by atoms with Crippen LogP contribution in [0.1, 0.15) is 19.3 Å². The van der Waals surface area contributed by atoms with Crippen LogP contribution in [-0.2, 0) is 9.53 Å². The molecule has 0 aromatic heterocycles. The molecule has 4 nitrogen and oxygen atoms in total. The van der Waals surface area contributed by atoms with Gasteiger partial charge >= 0.3 is 5.97 Å². The molecule has 2 fully saturated rings. The zero-order chi connectivity index (χ0) is 9.97. The molecule has 0 aliphatic carbocycles. The van der Waals surface area contributed by atoms with Gasteiger partial charge in [0.25, 0.3) is 0 Å². The Morgan fingerprint density at radius 3 is 2.64 bits per heavy atom. The Hall–Kier alpha value is -0.610. The maximum Gasteiger partial charge on any atom is 0.303 e. The number of aliphatic carboxylic acids is 1. The van der Waals surface area contributed by atoms with Gasteiger partial charge in [-0.2, -0.15) is 0 Å². The van der Waals surface area contributed by atoms with Crippen molar-refractivity contribution < 1.29 is 14.6 Å². The minimum Gasteiger partial charge on any atom is -0.481 e. The van der Waals surface area contributed by atoms with Crippen molar-refractivity contribution in [2.24, 2.45) is 5.92 Å². The second-order valence-corrected chi connectivity index (χ2v) is 4.30. The minimum absolute atomic E-state index is 0.322. The highest BCUT2D eigenvalue weighted by Crippen LogP contribution is 2.25. The van der Waals surface area contributed by atoms with E-state index < -0.39 is 5.97 Å². The molecule has 0 amide bonds. The van der Waals surface area contributed by atoms with Crippen LogP contribution in [0.5, 0.6) is 0 Å². The van der Waals surface area contributed by atoms with Crippen molar-refractivity contribution in [1.29, 1.82) is 0 Å². The molecule has 0 radical (unpaired) electrons. The molecule has 2 aliphatic heterocycles. The highest BCUT2D eigenvalue weighted by Gasteiger charge is 2.35. The lowest BCUT2D eigenvalue weighted by molar-refractivity contribution is -0.137. The summed E-state index contributed by atoms with van der Waals surface area (Å²) in [6, 6.07) is 0.658. The largest absolute Gasteiger partial charge is 0.481 e. The normalized spacial score (nSPS) is 24.3. The third kappa shape index (κ3) is 2.25. The predicted octanol–water partition coefficient (Wildman–Crippen LogP) is 0.572. The summed E-state index contributed by atoms with van der Waals surface area (Å²) in [7, 11) is 0. The third-order valence-electron chi connectivity index (χ3n) is 3.13. The second kappa shape index (κ2) is 4.28. The Balaban J connectivity index is 1.52. The molecule has 0 aromatic carbocycles. The van der Waals surface area contributed by atoms with Crippen LogP contribution in [0, 0.1) is 5.92 Å². The number of nitrogens with zero attached hydrogens (tertiary/aromatic N) is 1. The first-order chi connectivity index (χ1) is 6.75. The van der Waals surface area contributed by atoms with Crippen molar-refractivity contribution >= 4 is 5.97 Å². The Bertz CT molecular complexity index is 209. The van der Waals surface area contributed by atoms with E-state index in [1.807, 2.05) is 0 Å². The van der Waals surface area contributed by atoms with Gasteiger partial charge in [-0.15, -0.1) is 0 Å². The van der Waals surface area contributed by atoms with Gasteiger partial charge in [-0.1, -0.05) is 0 Å². The monoisotopic (exact) mass is 199 g/mol. The van der Waals surface area contributed by atoms with E-state index in [2.05, 4.69) is 4.90 Å². The molecule has 80 valence electrons. The third-order valence-corrected chi connectivity index (χ3v) is 3.13. The average molecular weight is 199 g/mol. The Morgan fingerprint density at radius 1 is 1.43 bits per heavy atom. The molecule has 1 N–H and O–H groups in total. The number of hydrogen-bond donors (Lipinski definition) is 1. The summed E-state index contributed by atoms with van der Waals surface area (Å²) in [6.07, 6.45) is 2.22. The molecule has 2 saturated heterocycles. The van der Waals surface area contributed by atoms with Crippen LogP contribution in [0.2, 0.25) is 0 Å². The quantitative estimate of drug-likeness (QED) is 0.703. The van der Waals surface area contributed by atoms with Crippen molar-refractivity contribution in [3.63, 3.8) is 0 Å². The molecule has 0 unspecified atom stereocenters. The van der Waals surface area contributed by atoms with Crippen LogP contribution in [0.4, 0.5) is 0 Å². The van der Waals surface area contributed by atoms with Gasteiger partial charge in [-0.05, 0) is 18.8 Å². The van der Waals surface area contributed by atoms with Crippen LogP contribution in [0.25, 0.3) is 0 Å². The Morgan fingerprint density at radius 2 is 2.14 bits per heavy atom. The van der Waals surface area contributed by atoms with Crippen LogP contribution in [0.3, 0.4) is 0 Å². The number of carboxylic acid groups (broad SMARTS) is 1. The number of likely N-dealkylation sites (tertiary alicyclic amines) is 1. The van der Waals surface area contributed by atoms with E-state index in [1.54, 1.807) is 0 Å². The molecule has 0 atom stereocenters. The van der Waals surface area contributed by atoms with E-state index in [9.17, 15) is 4.79 Å². The van der Waals surface area contributed by atoms with Crippen LogP contribution < -0.4 is 0 Å². The van der Waals surface area contributed by atoms with Gasteiger partial charge in [0.05, 0.1) is 19.3 Å². The first-order valence-electron chi connectivity index (χ1n) is 5.29. The van der Waals surface area contributed by atoms with Crippen LogP contribution in [-0.4, -0.2) is 48.3 Å². The van der Waals surface area contributed by atoms with Crippen molar-refractivity contribution in [3.8, 4) is 0 Å². The van der Waals surface area contributed by atoms with Gasteiger partial charge in [0.15, 0.2) is 0 Å². The van der Waals surface area contributed by atoms with Gasteiger partial charge < -0.3 is 9.84 Å². The number of ether oxygens (including phenoxy) is 1. The van der Waals surface area contributed by atoms with Gasteiger partial charge in [0, 0.05) is 19.5 Å². The predicted molar refractivity (Wildman–Crippen MR) is 51.2 cm³/mol. The molecular weight excluding hydrogens is 182 g/mol. The summed E-state index contributed by atoms with van der Waals surface area (Å²) >= 11 is 0. The molecule has 14 heavy (non-hydrogen) atoms. The van der Waals surface area contributed by atoms with Gasteiger partial charge in [0.2, 0.25) is 0 Å². The molecule has 4 heteroatoms. The second-order valence-electron chi connectivity index (χ2n) is 4.30. The zero-order valence-corrected chi connectivity index (χ0v) is 8.32. The minimum atomic E-state index is -0.673. The fourth-order valence-electron chi connectivity index (χ4n) is 2.07. The molecule has 2 rings (SSSR count). The molecule has 2 aliphatic rings. The maximum atomic E-state index is 10.3. The number of carboxylic acids is 1. The van der Waals surface area contributed by atoms with Crippen molar-refractivity contribution in [3.05, 3.63) is 0 Å². The summed E-state index contributed by atoms with van der Waals surface area (Å²) in [4.78, 5) is 12.7. The molecule has 0 bridgehead atoms. The topological polar surface area (TPSA) is 49.8 Å². The Labute approximate surface area is 83.8 Å². The lowest BCUT2D eigenvalue weighted by Gasteiger charge is -2.47. The lowest BCUT2D eigenvalue weighted by atomic mass is 9.92. The summed E-state index contributed by atoms with van der Waals surface area (Å²) < 4.78 is 5.12. The molecule has 0 spiro atoms. The highest BCUT2D eigenvalue weighted by atomic mass is 16.5. The van der Waals surface area contributed by atoms with E-state index in [-0.39, 0.29) is 0 Å². The smallest absolute Gasteiger partial charge is 0.303 e. The van der Waals surface area contributed by atoms with Gasteiger partial charge in [-0.3, -0.25) is 9.69 Å². The van der Waals surface area contributed by atoms with Crippen molar-refractivity contribution in [1.82, 2.24) is 4.90 Å². The van der Waals surface area contributed by atoms with Crippen molar-refractivity contribution in [2.45, 2.75) is 25.3 Å². The summed E-state index contributed by atoms with van der Waals surface area (Å²) in [6.45, 7) is 4.07. The van der Waals surface area contributed by atoms with Crippen molar-refractivity contribution in [2.75, 3.05) is 26.3 Å². The number of hydrogen-bond acceptors (Lipinski definition) is 3. The van der Waals surface area contributed by atoms with Gasteiger partial charge in [0.1, 0.15) is 0 Å². The number of rotatable bonds is 5. The lowest BCUT2D eigenvalue weighted by Crippen LogP contribution is -2.59. The van der Waals surface area contributed by atoms with Crippen LogP contribution >= 0.6 is 0 Å². The highest BCUT2D eigenvalue weighted by molar-refractivity contribution is 5.66. The van der Waals surface area contributed by atoms with E-state index in [4.69, 9.17) is 9.84 Å². The van der Waals surface area contributed by atoms with E-state index in [1.165, 1.54) is 0 Å². The first-order valence-corrected chi connectivity index (χ1v) is 5.29. The molecule has 2 heterocycles. The first kappa shape index (κ1) is 9.93. The van der Waals surface area contributed by atoms with Gasteiger partial charge in [-0.25, -0.2) is 0 Å². The summed E-state index contributed by atoms with van der Waals surface area (Å²) in [5.41, 5.74) is 0. The van der Waals surface area contributed by atoms with E-state index >= 15 is 0 Å². The molecule has 0 saturated carbocycles. The van der Waals surface area contributed by atoms with E-state index in [0.717, 1.165) is 45.1 Å². The van der Waals surface area contributed by atoms with E-state index in [0.29, 0.717) is 12.5 Å². The summed E-state index contributed by atoms with van der Waals surface area (Å²) in [5.74, 6) is 0.0588. The zero-order valence-electron chi connectivity index (χ0n) is 8.32. The fourth-order valence-corrected chi connectivity index (χ4v) is 2.07. The standard InChI is InChI=1S/C10H17NO3/c12-10(13)3-1-2-8-4-11(5-8)9-6-14-7-9/h8-9H,1-7H2,(H,12,13). The maximum absolute atomic E-state index is 10.3. The summed E-state index contributed by atoms with van der Waals surface area (Å²) in [5, 5.41) is 8.48. The molecule has 0 aromatic rings. The SMILES string of the molecule is O=C(O)CCCC1CN(C2COC2)C1.